The van der Waals surface area contributed by atoms with Gasteiger partial charge in [-0.1, -0.05) is 0 Å². The second kappa shape index (κ2) is 3.53. The first-order chi connectivity index (χ1) is 7.18. The Morgan fingerprint density at radius 2 is 2.27 bits per heavy atom. The molecule has 0 fully saturated rings. The van der Waals surface area contributed by atoms with Crippen LogP contribution in [0.1, 0.15) is 10.4 Å². The predicted octanol–water partition coefficient (Wildman–Crippen LogP) is 1.71. The number of hydrogen-bond acceptors (Lipinski definition) is 2. The van der Waals surface area contributed by atoms with Gasteiger partial charge in [-0.15, -0.1) is 0 Å². The molecule has 0 bridgehead atoms. The molecule has 0 saturated heterocycles. The first-order valence-corrected chi connectivity index (χ1v) is 4.21. The van der Waals surface area contributed by atoms with Crippen molar-refractivity contribution in [2.45, 2.75) is 0 Å². The van der Waals surface area contributed by atoms with E-state index in [1.54, 1.807) is 12.3 Å². The minimum atomic E-state index is -1.15. The van der Waals surface area contributed by atoms with Crippen LogP contribution in [0.25, 0.3) is 5.69 Å². The molecule has 0 unspecified atom stereocenters. The third-order valence-corrected chi connectivity index (χ3v) is 1.95. The highest BCUT2D eigenvalue weighted by molar-refractivity contribution is 5.87. The van der Waals surface area contributed by atoms with Gasteiger partial charge in [0.25, 0.3) is 0 Å². The summed E-state index contributed by atoms with van der Waals surface area (Å²) in [5.41, 5.74) is 0.147. The number of carboxylic acids is 1. The van der Waals surface area contributed by atoms with Gasteiger partial charge >= 0.3 is 5.97 Å². The SMILES string of the molecule is O=C(O)c1ccc(-n2cccn2)c(F)c1. The van der Waals surface area contributed by atoms with Crippen molar-refractivity contribution in [3.63, 3.8) is 0 Å². The van der Waals surface area contributed by atoms with E-state index in [2.05, 4.69) is 5.10 Å². The molecule has 0 radical (unpaired) electrons. The molecule has 1 N–H and O–H groups in total. The molecule has 1 aromatic carbocycles. The first-order valence-electron chi connectivity index (χ1n) is 4.21. The molecule has 0 atom stereocenters. The van der Waals surface area contributed by atoms with Gasteiger partial charge in [-0.25, -0.2) is 13.9 Å². The lowest BCUT2D eigenvalue weighted by molar-refractivity contribution is 0.0696. The van der Waals surface area contributed by atoms with Gasteiger partial charge in [0.15, 0.2) is 0 Å². The molecule has 0 saturated carbocycles. The van der Waals surface area contributed by atoms with Crippen LogP contribution in [0.2, 0.25) is 0 Å². The summed E-state index contributed by atoms with van der Waals surface area (Å²) >= 11 is 0. The van der Waals surface area contributed by atoms with Crippen molar-refractivity contribution in [1.29, 1.82) is 0 Å². The highest BCUT2D eigenvalue weighted by Gasteiger charge is 2.09. The average Bonchev–Trinajstić information content (AvgIpc) is 2.70. The number of carboxylic acid groups (broad SMARTS) is 1. The molecule has 1 aromatic heterocycles. The van der Waals surface area contributed by atoms with E-state index in [4.69, 9.17) is 5.11 Å². The topological polar surface area (TPSA) is 55.1 Å². The van der Waals surface area contributed by atoms with Crippen LogP contribution in [0.15, 0.2) is 36.7 Å². The summed E-state index contributed by atoms with van der Waals surface area (Å²) in [5.74, 6) is -1.76. The standard InChI is InChI=1S/C10H7FN2O2/c11-8-6-7(10(14)15)2-3-9(8)13-5-1-4-12-13/h1-6H,(H,14,15). The number of carbonyl (C=O) groups is 1. The number of aromatic carboxylic acids is 1. The number of halogens is 1. The number of hydrogen-bond donors (Lipinski definition) is 1. The Morgan fingerprint density at radius 3 is 2.80 bits per heavy atom. The van der Waals surface area contributed by atoms with Crippen LogP contribution >= 0.6 is 0 Å². The summed E-state index contributed by atoms with van der Waals surface area (Å²) in [5, 5.41) is 12.5. The minimum absolute atomic E-state index is 0.0802. The third-order valence-electron chi connectivity index (χ3n) is 1.95. The van der Waals surface area contributed by atoms with E-state index in [1.807, 2.05) is 0 Å². The van der Waals surface area contributed by atoms with Gasteiger partial charge in [0.05, 0.1) is 5.56 Å². The zero-order valence-electron chi connectivity index (χ0n) is 7.59. The van der Waals surface area contributed by atoms with Crippen molar-refractivity contribution in [2.24, 2.45) is 0 Å². The fourth-order valence-corrected chi connectivity index (χ4v) is 1.24. The Labute approximate surface area is 84.6 Å². The first kappa shape index (κ1) is 9.39. The average molecular weight is 206 g/mol. The highest BCUT2D eigenvalue weighted by Crippen LogP contribution is 2.14. The van der Waals surface area contributed by atoms with E-state index in [0.717, 1.165) is 6.07 Å². The van der Waals surface area contributed by atoms with Crippen molar-refractivity contribution < 1.29 is 14.3 Å². The lowest BCUT2D eigenvalue weighted by atomic mass is 10.2. The zero-order valence-corrected chi connectivity index (χ0v) is 7.59. The maximum Gasteiger partial charge on any atom is 0.335 e. The molecular weight excluding hydrogens is 199 g/mol. The van der Waals surface area contributed by atoms with E-state index in [1.165, 1.54) is 23.0 Å². The molecule has 2 rings (SSSR count). The zero-order chi connectivity index (χ0) is 10.8. The van der Waals surface area contributed by atoms with Gasteiger partial charge < -0.3 is 5.11 Å². The second-order valence-electron chi connectivity index (χ2n) is 2.92. The summed E-state index contributed by atoms with van der Waals surface area (Å²) in [6, 6.07) is 5.35. The molecular formula is C10H7FN2O2. The molecule has 5 heteroatoms. The second-order valence-corrected chi connectivity index (χ2v) is 2.92. The normalized spacial score (nSPS) is 10.2. The summed E-state index contributed by atoms with van der Waals surface area (Å²) in [7, 11) is 0. The van der Waals surface area contributed by atoms with Crippen molar-refractivity contribution in [3.05, 3.63) is 48.0 Å². The Bertz CT molecular complexity index is 494. The van der Waals surface area contributed by atoms with E-state index in [0.29, 0.717) is 0 Å². The number of aromatic nitrogens is 2. The number of rotatable bonds is 2. The van der Waals surface area contributed by atoms with Crippen LogP contribution in [-0.2, 0) is 0 Å². The number of benzene rings is 1. The molecule has 0 aliphatic heterocycles. The van der Waals surface area contributed by atoms with E-state index in [-0.39, 0.29) is 11.3 Å². The quantitative estimate of drug-likeness (QED) is 0.813. The van der Waals surface area contributed by atoms with Crippen LogP contribution in [-0.4, -0.2) is 20.9 Å². The van der Waals surface area contributed by atoms with E-state index >= 15 is 0 Å². The maximum atomic E-state index is 13.4. The van der Waals surface area contributed by atoms with Gasteiger partial charge in [0.1, 0.15) is 11.5 Å². The van der Waals surface area contributed by atoms with Crippen LogP contribution < -0.4 is 0 Å². The smallest absolute Gasteiger partial charge is 0.335 e. The molecule has 2 aromatic rings. The van der Waals surface area contributed by atoms with Gasteiger partial charge in [0.2, 0.25) is 0 Å². The Kier molecular flexibility index (Phi) is 2.21. The minimum Gasteiger partial charge on any atom is -0.478 e. The molecule has 76 valence electrons. The van der Waals surface area contributed by atoms with E-state index < -0.39 is 11.8 Å². The molecule has 15 heavy (non-hydrogen) atoms. The van der Waals surface area contributed by atoms with Gasteiger partial charge in [0, 0.05) is 12.4 Å². The molecule has 0 aliphatic carbocycles. The fourth-order valence-electron chi connectivity index (χ4n) is 1.24. The summed E-state index contributed by atoms with van der Waals surface area (Å²) in [4.78, 5) is 10.6. The van der Waals surface area contributed by atoms with E-state index in [9.17, 15) is 9.18 Å². The Balaban J connectivity index is 2.48. The summed E-state index contributed by atoms with van der Waals surface area (Å²) in [6.07, 6.45) is 3.10. The Morgan fingerprint density at radius 1 is 1.47 bits per heavy atom. The highest BCUT2D eigenvalue weighted by atomic mass is 19.1. The molecule has 0 spiro atoms. The number of nitrogens with zero attached hydrogens (tertiary/aromatic N) is 2. The predicted molar refractivity (Wildman–Crippen MR) is 50.5 cm³/mol. The molecule has 4 nitrogen and oxygen atoms in total. The van der Waals surface area contributed by atoms with Crippen LogP contribution in [0, 0.1) is 5.82 Å². The summed E-state index contributed by atoms with van der Waals surface area (Å²) < 4.78 is 14.8. The van der Waals surface area contributed by atoms with Crippen molar-refractivity contribution in [3.8, 4) is 5.69 Å². The summed E-state index contributed by atoms with van der Waals surface area (Å²) in [6.45, 7) is 0. The monoisotopic (exact) mass is 206 g/mol. The van der Waals surface area contributed by atoms with Crippen molar-refractivity contribution in [1.82, 2.24) is 9.78 Å². The van der Waals surface area contributed by atoms with Crippen LogP contribution in [0.4, 0.5) is 4.39 Å². The molecule has 1 heterocycles. The van der Waals surface area contributed by atoms with Crippen molar-refractivity contribution >= 4 is 5.97 Å². The maximum absolute atomic E-state index is 13.4. The largest absolute Gasteiger partial charge is 0.478 e. The lowest BCUT2D eigenvalue weighted by Crippen LogP contribution is -2.02. The van der Waals surface area contributed by atoms with Crippen molar-refractivity contribution in [2.75, 3.05) is 0 Å². The molecule has 0 amide bonds. The van der Waals surface area contributed by atoms with Crippen LogP contribution in [0.5, 0.6) is 0 Å². The fraction of sp³-hybridized carbons (Fsp3) is 0. The third kappa shape index (κ3) is 1.71. The van der Waals surface area contributed by atoms with Gasteiger partial charge in [-0.2, -0.15) is 5.10 Å². The lowest BCUT2D eigenvalue weighted by Gasteiger charge is -2.03. The van der Waals surface area contributed by atoms with Crippen LogP contribution in [0.3, 0.4) is 0 Å². The van der Waals surface area contributed by atoms with Gasteiger partial charge in [-0.3, -0.25) is 0 Å². The Hall–Kier alpha value is -2.17. The van der Waals surface area contributed by atoms with Gasteiger partial charge in [-0.05, 0) is 24.3 Å². The molecule has 0 aliphatic rings.